The summed E-state index contributed by atoms with van der Waals surface area (Å²) in [6, 6.07) is 0. The van der Waals surface area contributed by atoms with E-state index in [4.69, 9.17) is 10.5 Å². The predicted molar refractivity (Wildman–Crippen MR) is 45.7 cm³/mol. The van der Waals surface area contributed by atoms with Crippen molar-refractivity contribution in [2.75, 3.05) is 0 Å². The Morgan fingerprint density at radius 1 is 1.42 bits per heavy atom. The van der Waals surface area contributed by atoms with Crippen LogP contribution in [0.5, 0.6) is 5.75 Å². The molecule has 0 unspecified atom stereocenters. The van der Waals surface area contributed by atoms with Crippen molar-refractivity contribution in [3.05, 3.63) is 18.2 Å². The van der Waals surface area contributed by atoms with Crippen molar-refractivity contribution in [3.8, 4) is 5.75 Å². The van der Waals surface area contributed by atoms with E-state index in [1.807, 2.05) is 13.8 Å². The first-order chi connectivity index (χ1) is 5.72. The van der Waals surface area contributed by atoms with Gasteiger partial charge in [0.2, 0.25) is 0 Å². The van der Waals surface area contributed by atoms with E-state index in [-0.39, 0.29) is 6.10 Å². The molecule has 0 aliphatic heterocycles. The Hall–Kier alpha value is -1.16. The van der Waals surface area contributed by atoms with Crippen molar-refractivity contribution in [3.63, 3.8) is 0 Å². The molecule has 1 rings (SSSR count). The fourth-order valence-electron chi connectivity index (χ4n) is 0.781. The summed E-state index contributed by atoms with van der Waals surface area (Å²) in [4.78, 5) is 7.98. The fourth-order valence-corrected chi connectivity index (χ4v) is 0.781. The van der Waals surface area contributed by atoms with Gasteiger partial charge < -0.3 is 10.5 Å². The van der Waals surface area contributed by atoms with Crippen LogP contribution in [0.4, 0.5) is 0 Å². The molecule has 0 bridgehead atoms. The van der Waals surface area contributed by atoms with Gasteiger partial charge in [-0.25, -0.2) is 9.97 Å². The molecule has 0 saturated heterocycles. The van der Waals surface area contributed by atoms with Crippen LogP contribution in [0.2, 0.25) is 0 Å². The lowest BCUT2D eigenvalue weighted by atomic mass is 10.4. The van der Waals surface area contributed by atoms with Gasteiger partial charge in [0.1, 0.15) is 5.82 Å². The minimum absolute atomic E-state index is 0.150. The van der Waals surface area contributed by atoms with E-state index in [0.717, 1.165) is 0 Å². The summed E-state index contributed by atoms with van der Waals surface area (Å²) in [5, 5.41) is 0. The van der Waals surface area contributed by atoms with Crippen LogP contribution in [0.1, 0.15) is 19.7 Å². The largest absolute Gasteiger partial charge is 0.488 e. The van der Waals surface area contributed by atoms with E-state index in [1.54, 1.807) is 12.4 Å². The highest BCUT2D eigenvalue weighted by molar-refractivity contribution is 5.12. The second kappa shape index (κ2) is 4.01. The molecule has 0 fully saturated rings. The minimum Gasteiger partial charge on any atom is -0.488 e. The SMILES string of the molecule is CC(C)Oc1cnc(CN)nc1. The molecule has 0 saturated carbocycles. The lowest BCUT2D eigenvalue weighted by molar-refractivity contribution is 0.240. The topological polar surface area (TPSA) is 61.0 Å². The molecule has 1 aromatic heterocycles. The zero-order chi connectivity index (χ0) is 8.97. The standard InChI is InChI=1S/C8H13N3O/c1-6(2)12-7-4-10-8(3-9)11-5-7/h4-6H,3,9H2,1-2H3. The van der Waals surface area contributed by atoms with Crippen LogP contribution in [-0.2, 0) is 6.54 Å². The van der Waals surface area contributed by atoms with Crippen molar-refractivity contribution in [1.82, 2.24) is 9.97 Å². The number of rotatable bonds is 3. The summed E-state index contributed by atoms with van der Waals surface area (Å²) in [6.07, 6.45) is 3.42. The van der Waals surface area contributed by atoms with Crippen LogP contribution in [0.25, 0.3) is 0 Å². The molecule has 0 spiro atoms. The summed E-state index contributed by atoms with van der Waals surface area (Å²) < 4.78 is 5.35. The zero-order valence-corrected chi connectivity index (χ0v) is 7.32. The molecular weight excluding hydrogens is 154 g/mol. The lowest BCUT2D eigenvalue weighted by Gasteiger charge is -2.08. The summed E-state index contributed by atoms with van der Waals surface area (Å²) >= 11 is 0. The monoisotopic (exact) mass is 167 g/mol. The summed E-state index contributed by atoms with van der Waals surface area (Å²) in [5.41, 5.74) is 5.34. The van der Waals surface area contributed by atoms with Crippen LogP contribution < -0.4 is 10.5 Å². The van der Waals surface area contributed by atoms with Gasteiger partial charge in [-0.05, 0) is 13.8 Å². The molecule has 66 valence electrons. The Kier molecular flexibility index (Phi) is 2.99. The molecule has 12 heavy (non-hydrogen) atoms. The average Bonchev–Trinajstić information content (AvgIpc) is 2.05. The third-order valence-electron chi connectivity index (χ3n) is 1.24. The molecule has 0 aromatic carbocycles. The van der Waals surface area contributed by atoms with Crippen LogP contribution in [-0.4, -0.2) is 16.1 Å². The Labute approximate surface area is 71.8 Å². The highest BCUT2D eigenvalue weighted by Gasteiger charge is 1.98. The van der Waals surface area contributed by atoms with Gasteiger partial charge in [-0.15, -0.1) is 0 Å². The molecule has 1 heterocycles. The summed E-state index contributed by atoms with van der Waals surface area (Å²) in [5.74, 6) is 1.31. The van der Waals surface area contributed by atoms with Crippen molar-refractivity contribution in [2.24, 2.45) is 5.73 Å². The molecule has 2 N–H and O–H groups in total. The number of nitrogens with two attached hydrogens (primary N) is 1. The summed E-state index contributed by atoms with van der Waals surface area (Å²) in [6.45, 7) is 4.27. The first-order valence-electron chi connectivity index (χ1n) is 3.90. The molecule has 0 amide bonds. The van der Waals surface area contributed by atoms with Crippen LogP contribution in [0.15, 0.2) is 12.4 Å². The van der Waals surface area contributed by atoms with Gasteiger partial charge in [-0.2, -0.15) is 0 Å². The van der Waals surface area contributed by atoms with Crippen molar-refractivity contribution < 1.29 is 4.74 Å². The van der Waals surface area contributed by atoms with Crippen molar-refractivity contribution in [2.45, 2.75) is 26.5 Å². The van der Waals surface area contributed by atoms with Crippen LogP contribution in [0, 0.1) is 0 Å². The maximum Gasteiger partial charge on any atom is 0.156 e. The molecule has 0 aliphatic rings. The number of ether oxygens (including phenoxy) is 1. The fraction of sp³-hybridized carbons (Fsp3) is 0.500. The normalized spacial score (nSPS) is 10.3. The minimum atomic E-state index is 0.150. The second-order valence-electron chi connectivity index (χ2n) is 2.71. The van der Waals surface area contributed by atoms with E-state index in [1.165, 1.54) is 0 Å². The van der Waals surface area contributed by atoms with Gasteiger partial charge in [0.05, 0.1) is 25.0 Å². The van der Waals surface area contributed by atoms with Gasteiger partial charge >= 0.3 is 0 Å². The third kappa shape index (κ3) is 2.47. The first-order valence-corrected chi connectivity index (χ1v) is 3.90. The number of hydrogen-bond acceptors (Lipinski definition) is 4. The lowest BCUT2D eigenvalue weighted by Crippen LogP contribution is -2.08. The third-order valence-corrected chi connectivity index (χ3v) is 1.24. The Morgan fingerprint density at radius 2 is 2.00 bits per heavy atom. The van der Waals surface area contributed by atoms with E-state index >= 15 is 0 Å². The Bertz CT molecular complexity index is 233. The van der Waals surface area contributed by atoms with Crippen LogP contribution in [0.3, 0.4) is 0 Å². The highest BCUT2D eigenvalue weighted by atomic mass is 16.5. The first kappa shape index (κ1) is 8.93. The quantitative estimate of drug-likeness (QED) is 0.720. The van der Waals surface area contributed by atoms with Crippen LogP contribution >= 0.6 is 0 Å². The van der Waals surface area contributed by atoms with Gasteiger partial charge in [0.15, 0.2) is 5.75 Å². The van der Waals surface area contributed by atoms with Gasteiger partial charge in [-0.1, -0.05) is 0 Å². The number of hydrogen-bond donors (Lipinski definition) is 1. The van der Waals surface area contributed by atoms with E-state index < -0.39 is 0 Å². The highest BCUT2D eigenvalue weighted by Crippen LogP contribution is 2.07. The molecule has 0 radical (unpaired) electrons. The zero-order valence-electron chi connectivity index (χ0n) is 7.32. The summed E-state index contributed by atoms with van der Waals surface area (Å²) in [7, 11) is 0. The van der Waals surface area contributed by atoms with Gasteiger partial charge in [0.25, 0.3) is 0 Å². The van der Waals surface area contributed by atoms with E-state index in [0.29, 0.717) is 18.1 Å². The van der Waals surface area contributed by atoms with E-state index in [2.05, 4.69) is 9.97 Å². The Morgan fingerprint density at radius 3 is 2.42 bits per heavy atom. The van der Waals surface area contributed by atoms with Crippen molar-refractivity contribution >= 4 is 0 Å². The smallest absolute Gasteiger partial charge is 0.156 e. The molecule has 0 aliphatic carbocycles. The maximum absolute atomic E-state index is 5.35. The number of nitrogens with zero attached hydrogens (tertiary/aromatic N) is 2. The van der Waals surface area contributed by atoms with Gasteiger partial charge in [0, 0.05) is 0 Å². The molecule has 4 heteroatoms. The molecule has 1 aromatic rings. The van der Waals surface area contributed by atoms with Gasteiger partial charge in [-0.3, -0.25) is 0 Å². The molecule has 0 atom stereocenters. The maximum atomic E-state index is 5.35. The van der Waals surface area contributed by atoms with Crippen molar-refractivity contribution in [1.29, 1.82) is 0 Å². The van der Waals surface area contributed by atoms with E-state index in [9.17, 15) is 0 Å². The second-order valence-corrected chi connectivity index (χ2v) is 2.71. The average molecular weight is 167 g/mol. The number of aromatic nitrogens is 2. The predicted octanol–water partition coefficient (Wildman–Crippen LogP) is 0.722. The molecular formula is C8H13N3O. The molecule has 4 nitrogen and oxygen atoms in total. The Balaban J connectivity index is 2.65.